The van der Waals surface area contributed by atoms with E-state index in [2.05, 4.69) is 43.8 Å². The quantitative estimate of drug-likeness (QED) is 0.0365. The highest BCUT2D eigenvalue weighted by Gasteiger charge is 2.32. The van der Waals surface area contributed by atoms with Gasteiger partial charge in [-0.1, -0.05) is 202 Å². The SMILES string of the molecule is CCCCCCCC[S+]([O-])N(CC1CCN(CCO)CC1)C(CCCCCCCCC(=O)OCC(CCCC)CCCCCC)CCCCCCCCC(=O)OCC(CCCC)CCCCCC. The molecule has 1 N–H and O–H groups in total. The van der Waals surface area contributed by atoms with E-state index in [1.807, 2.05) is 0 Å². The molecule has 0 aliphatic carbocycles. The highest BCUT2D eigenvalue weighted by molar-refractivity contribution is 7.89. The van der Waals surface area contributed by atoms with Gasteiger partial charge in [0, 0.05) is 37.3 Å². The van der Waals surface area contributed by atoms with Crippen LogP contribution in [0.2, 0.25) is 0 Å². The number of carbonyl (C=O) groups is 2. The fourth-order valence-electron chi connectivity index (χ4n) is 10.3. The molecule has 0 aromatic carbocycles. The van der Waals surface area contributed by atoms with Crippen molar-refractivity contribution in [3.8, 4) is 0 Å². The van der Waals surface area contributed by atoms with Crippen LogP contribution in [0.4, 0.5) is 0 Å². The molecule has 0 radical (unpaired) electrons. The molecule has 3 atom stereocenters. The molecular weight excluding hydrogens is 865 g/mol. The van der Waals surface area contributed by atoms with Crippen molar-refractivity contribution in [2.24, 2.45) is 17.8 Å². The number of β-amino-alcohol motifs (C(OH)–C–C–N with tert-alkyl or cyclic N) is 1. The molecule has 404 valence electrons. The maximum Gasteiger partial charge on any atom is 0.305 e. The van der Waals surface area contributed by atoms with E-state index in [1.54, 1.807) is 0 Å². The molecule has 1 saturated heterocycles. The number of unbranched alkanes of at least 4 members (excludes halogenated alkanes) is 23. The molecule has 0 aromatic rings. The highest BCUT2D eigenvalue weighted by atomic mass is 32.2. The molecule has 68 heavy (non-hydrogen) atoms. The molecule has 1 fully saturated rings. The molecule has 3 unspecified atom stereocenters. The van der Waals surface area contributed by atoms with Crippen molar-refractivity contribution in [2.45, 2.75) is 297 Å². The number of ether oxygens (including phenoxy) is 2. The van der Waals surface area contributed by atoms with Crippen LogP contribution in [-0.2, 0) is 30.4 Å². The Kier molecular flexibility index (Phi) is 46.4. The summed E-state index contributed by atoms with van der Waals surface area (Å²) in [6.07, 6.45) is 46.0. The number of hydrogen-bond acceptors (Lipinski definition) is 8. The summed E-state index contributed by atoms with van der Waals surface area (Å²) in [7, 11) is 0. The average molecular weight is 982 g/mol. The lowest BCUT2D eigenvalue weighted by atomic mass is 9.95. The molecular formula is C59H116N2O6S. The number of carbonyl (C=O) groups excluding carboxylic acids is 2. The molecule has 1 heterocycles. The first kappa shape index (κ1) is 65.1. The minimum atomic E-state index is -0.969. The van der Waals surface area contributed by atoms with Crippen molar-refractivity contribution >= 4 is 23.3 Å². The van der Waals surface area contributed by atoms with E-state index >= 15 is 0 Å². The Labute approximate surface area is 426 Å². The summed E-state index contributed by atoms with van der Waals surface area (Å²) in [5, 5.41) is 9.55. The molecule has 1 aliphatic rings. The molecule has 0 aromatic heterocycles. The molecule has 0 spiro atoms. The molecule has 0 amide bonds. The smallest absolute Gasteiger partial charge is 0.305 e. The first-order valence-corrected chi connectivity index (χ1v) is 31.4. The molecule has 8 nitrogen and oxygen atoms in total. The van der Waals surface area contributed by atoms with Crippen LogP contribution in [0.3, 0.4) is 0 Å². The largest absolute Gasteiger partial charge is 0.598 e. The van der Waals surface area contributed by atoms with Gasteiger partial charge in [-0.15, -0.1) is 4.31 Å². The lowest BCUT2D eigenvalue weighted by molar-refractivity contribution is -0.146. The third-order valence-electron chi connectivity index (χ3n) is 15.1. The molecule has 1 rings (SSSR count). The summed E-state index contributed by atoms with van der Waals surface area (Å²) >= 11 is -0.969. The number of likely N-dealkylation sites (tertiary alicyclic amines) is 1. The molecule has 0 saturated carbocycles. The van der Waals surface area contributed by atoms with Gasteiger partial charge in [0.05, 0.1) is 25.9 Å². The third-order valence-corrected chi connectivity index (χ3v) is 16.7. The van der Waals surface area contributed by atoms with Crippen LogP contribution in [0.25, 0.3) is 0 Å². The van der Waals surface area contributed by atoms with E-state index < -0.39 is 11.4 Å². The Morgan fingerprint density at radius 3 is 1.34 bits per heavy atom. The zero-order valence-electron chi connectivity index (χ0n) is 46.0. The van der Waals surface area contributed by atoms with Crippen molar-refractivity contribution in [2.75, 3.05) is 51.8 Å². The second kappa shape index (κ2) is 48.4. The predicted molar refractivity (Wildman–Crippen MR) is 292 cm³/mol. The minimum Gasteiger partial charge on any atom is -0.598 e. The zero-order valence-corrected chi connectivity index (χ0v) is 46.9. The Morgan fingerprint density at radius 2 is 0.897 bits per heavy atom. The maximum absolute atomic E-state index is 14.4. The molecule has 1 aliphatic heterocycles. The van der Waals surface area contributed by atoms with E-state index in [0.29, 0.717) is 49.9 Å². The first-order valence-electron chi connectivity index (χ1n) is 30.1. The number of hydrogen-bond donors (Lipinski definition) is 1. The van der Waals surface area contributed by atoms with Crippen LogP contribution in [0.1, 0.15) is 291 Å². The van der Waals surface area contributed by atoms with Crippen molar-refractivity contribution in [1.82, 2.24) is 9.21 Å². The van der Waals surface area contributed by atoms with E-state index in [-0.39, 0.29) is 18.5 Å². The minimum absolute atomic E-state index is 0.00872. The van der Waals surface area contributed by atoms with Crippen molar-refractivity contribution in [3.05, 3.63) is 0 Å². The second-order valence-corrected chi connectivity index (χ2v) is 23.0. The van der Waals surface area contributed by atoms with E-state index in [1.165, 1.54) is 161 Å². The van der Waals surface area contributed by atoms with E-state index in [9.17, 15) is 19.2 Å². The standard InChI is InChI=1S/C59H116N2O6S/c1-6-11-16-19-28-35-50-68(65)61(51-54-44-46-60(47-45-54)48-49-62)57(40-31-24-20-22-26-33-42-58(63)66-52-55(36-14-9-4)38-29-17-12-7-2)41-32-25-21-23-27-34-43-59(64)67-53-56(37-15-10-5)39-30-18-13-8-3/h54-57,62H,6-53H2,1-5H3. The van der Waals surface area contributed by atoms with Gasteiger partial charge in [-0.25, -0.2) is 0 Å². The lowest BCUT2D eigenvalue weighted by Crippen LogP contribution is -2.46. The fourth-order valence-corrected chi connectivity index (χ4v) is 12.0. The van der Waals surface area contributed by atoms with Crippen LogP contribution in [0.5, 0.6) is 0 Å². The van der Waals surface area contributed by atoms with Crippen molar-refractivity contribution in [3.63, 3.8) is 0 Å². The number of aliphatic hydroxyl groups excluding tert-OH is 1. The molecule has 9 heteroatoms. The van der Waals surface area contributed by atoms with Gasteiger partial charge < -0.3 is 24.0 Å². The fraction of sp³-hybridized carbons (Fsp3) is 0.966. The number of esters is 2. The van der Waals surface area contributed by atoms with Crippen molar-refractivity contribution in [1.29, 1.82) is 0 Å². The number of rotatable bonds is 51. The summed E-state index contributed by atoms with van der Waals surface area (Å²) in [4.78, 5) is 27.7. The van der Waals surface area contributed by atoms with Gasteiger partial charge in [0.2, 0.25) is 0 Å². The topological polar surface area (TPSA) is 102 Å². The number of piperidine rings is 1. The monoisotopic (exact) mass is 981 g/mol. The second-order valence-electron chi connectivity index (χ2n) is 21.5. The average Bonchev–Trinajstić information content (AvgIpc) is 3.34. The van der Waals surface area contributed by atoms with Crippen LogP contribution in [-0.4, -0.2) is 88.6 Å². The van der Waals surface area contributed by atoms with Crippen LogP contribution >= 0.6 is 0 Å². The summed E-state index contributed by atoms with van der Waals surface area (Å²) in [6, 6.07) is 0.344. The Morgan fingerprint density at radius 1 is 0.529 bits per heavy atom. The number of nitrogens with zero attached hydrogens (tertiary/aromatic N) is 2. The van der Waals surface area contributed by atoms with Crippen LogP contribution < -0.4 is 0 Å². The first-order chi connectivity index (χ1) is 33.3. The zero-order chi connectivity index (χ0) is 49.6. The van der Waals surface area contributed by atoms with Gasteiger partial charge in [0.1, 0.15) is 5.75 Å². The Bertz CT molecular complexity index is 1040. The van der Waals surface area contributed by atoms with E-state index in [4.69, 9.17) is 9.47 Å². The van der Waals surface area contributed by atoms with Gasteiger partial charge in [0.15, 0.2) is 0 Å². The van der Waals surface area contributed by atoms with Gasteiger partial charge in [-0.3, -0.25) is 9.59 Å². The summed E-state index contributed by atoms with van der Waals surface area (Å²) in [5.41, 5.74) is 0. The van der Waals surface area contributed by atoms with Gasteiger partial charge in [0.25, 0.3) is 0 Å². The van der Waals surface area contributed by atoms with Crippen molar-refractivity contribution < 1.29 is 28.7 Å². The Balaban J connectivity index is 2.71. The summed E-state index contributed by atoms with van der Waals surface area (Å²) < 4.78 is 28.4. The predicted octanol–water partition coefficient (Wildman–Crippen LogP) is 16.3. The van der Waals surface area contributed by atoms with Crippen LogP contribution in [0, 0.1) is 17.8 Å². The highest BCUT2D eigenvalue weighted by Crippen LogP contribution is 2.28. The van der Waals surface area contributed by atoms with Crippen LogP contribution in [0.15, 0.2) is 0 Å². The number of aliphatic hydroxyl groups is 1. The normalized spacial score (nSPS) is 15.5. The lowest BCUT2D eigenvalue weighted by Gasteiger charge is -2.37. The summed E-state index contributed by atoms with van der Waals surface area (Å²) in [5.74, 6) is 2.36. The van der Waals surface area contributed by atoms with Gasteiger partial charge in [-0.2, -0.15) is 0 Å². The van der Waals surface area contributed by atoms with E-state index in [0.717, 1.165) is 115 Å². The summed E-state index contributed by atoms with van der Waals surface area (Å²) in [6.45, 7) is 16.4. The van der Waals surface area contributed by atoms with Gasteiger partial charge in [-0.05, 0) is 108 Å². The molecule has 0 bridgehead atoms. The maximum atomic E-state index is 14.4. The Hall–Kier alpha value is -0.870. The van der Waals surface area contributed by atoms with Gasteiger partial charge >= 0.3 is 11.9 Å². The third kappa shape index (κ3) is 37.8.